The topological polar surface area (TPSA) is 66.0 Å². The lowest BCUT2D eigenvalue weighted by Crippen LogP contribution is -2.41. The van der Waals surface area contributed by atoms with Crippen molar-refractivity contribution in [3.63, 3.8) is 0 Å². The van der Waals surface area contributed by atoms with Crippen molar-refractivity contribution in [1.29, 1.82) is 0 Å². The van der Waals surface area contributed by atoms with Crippen molar-refractivity contribution in [2.75, 3.05) is 19.6 Å². The first kappa shape index (κ1) is 15.7. The van der Waals surface area contributed by atoms with Gasteiger partial charge in [-0.05, 0) is 37.8 Å². The Balaban J connectivity index is 1.36. The number of piperidine rings is 1. The van der Waals surface area contributed by atoms with Gasteiger partial charge in [0.25, 0.3) is 0 Å². The van der Waals surface area contributed by atoms with E-state index in [1.54, 1.807) is 11.3 Å². The molecule has 0 bridgehead atoms. The minimum absolute atomic E-state index is 0.0280. The molecule has 1 unspecified atom stereocenters. The fraction of sp³-hybridized carbons (Fsp3) is 0.750. The third-order valence-electron chi connectivity index (χ3n) is 4.82. The Morgan fingerprint density at radius 3 is 2.95 bits per heavy atom. The molecule has 1 aliphatic heterocycles. The molecular formula is C16H26N4OS. The van der Waals surface area contributed by atoms with Crippen molar-refractivity contribution >= 4 is 17.4 Å². The van der Waals surface area contributed by atoms with E-state index in [1.165, 1.54) is 17.8 Å². The lowest BCUT2D eigenvalue weighted by molar-refractivity contribution is 0.236. The maximum Gasteiger partial charge on any atom is 0.315 e. The standard InChI is InChI=1S/C16H26N4OS/c1-11(2)14-19-12(10-22-14)3-6-18-15(21)20-13-9-16(13)4-7-17-8-5-16/h10-11,13,17H,3-9H2,1-2H3,(H2,18,20,21). The number of hydrogen-bond acceptors (Lipinski definition) is 4. The molecule has 1 saturated carbocycles. The zero-order valence-corrected chi connectivity index (χ0v) is 14.3. The van der Waals surface area contributed by atoms with E-state index >= 15 is 0 Å². The van der Waals surface area contributed by atoms with Gasteiger partial charge in [0.15, 0.2) is 0 Å². The molecule has 122 valence electrons. The average Bonchev–Trinajstić information content (AvgIpc) is 2.94. The van der Waals surface area contributed by atoms with Gasteiger partial charge in [-0.1, -0.05) is 13.8 Å². The van der Waals surface area contributed by atoms with Crippen LogP contribution in [0.5, 0.6) is 0 Å². The van der Waals surface area contributed by atoms with Gasteiger partial charge in [0.05, 0.1) is 10.7 Å². The summed E-state index contributed by atoms with van der Waals surface area (Å²) in [6, 6.07) is 0.348. The molecule has 3 rings (SSSR count). The Kier molecular flexibility index (Phi) is 4.68. The number of hydrogen-bond donors (Lipinski definition) is 3. The first-order valence-corrected chi connectivity index (χ1v) is 9.16. The maximum atomic E-state index is 12.0. The molecule has 22 heavy (non-hydrogen) atoms. The number of amides is 2. The third kappa shape index (κ3) is 3.60. The minimum Gasteiger partial charge on any atom is -0.338 e. The van der Waals surface area contributed by atoms with Crippen LogP contribution in [0.4, 0.5) is 4.79 Å². The van der Waals surface area contributed by atoms with E-state index in [1.807, 2.05) is 0 Å². The number of carbonyl (C=O) groups excluding carboxylic acids is 1. The van der Waals surface area contributed by atoms with E-state index in [2.05, 4.69) is 40.2 Å². The van der Waals surface area contributed by atoms with Crippen LogP contribution in [0, 0.1) is 5.41 Å². The van der Waals surface area contributed by atoms with Gasteiger partial charge in [-0.2, -0.15) is 0 Å². The normalized spacial score (nSPS) is 22.8. The van der Waals surface area contributed by atoms with E-state index in [0.717, 1.165) is 31.6 Å². The zero-order chi connectivity index (χ0) is 15.6. The van der Waals surface area contributed by atoms with Crippen LogP contribution in [0.2, 0.25) is 0 Å². The molecule has 2 fully saturated rings. The smallest absolute Gasteiger partial charge is 0.315 e. The second kappa shape index (κ2) is 6.54. The lowest BCUT2D eigenvalue weighted by Gasteiger charge is -2.23. The summed E-state index contributed by atoms with van der Waals surface area (Å²) in [6.07, 6.45) is 4.33. The van der Waals surface area contributed by atoms with Crippen molar-refractivity contribution in [2.45, 2.75) is 51.5 Å². The molecule has 2 aliphatic rings. The molecule has 1 aromatic heterocycles. The van der Waals surface area contributed by atoms with Gasteiger partial charge in [0.1, 0.15) is 0 Å². The molecular weight excluding hydrogens is 296 g/mol. The van der Waals surface area contributed by atoms with Gasteiger partial charge in [-0.15, -0.1) is 11.3 Å². The van der Waals surface area contributed by atoms with Crippen molar-refractivity contribution < 1.29 is 4.79 Å². The van der Waals surface area contributed by atoms with Gasteiger partial charge < -0.3 is 16.0 Å². The SMILES string of the molecule is CC(C)c1nc(CCNC(=O)NC2CC23CCNCC3)cs1. The minimum atomic E-state index is -0.0280. The van der Waals surface area contributed by atoms with Crippen LogP contribution in [-0.4, -0.2) is 36.7 Å². The third-order valence-corrected chi connectivity index (χ3v) is 6.02. The zero-order valence-electron chi connectivity index (χ0n) is 13.4. The maximum absolute atomic E-state index is 12.0. The highest BCUT2D eigenvalue weighted by atomic mass is 32.1. The van der Waals surface area contributed by atoms with E-state index in [0.29, 0.717) is 23.9 Å². The van der Waals surface area contributed by atoms with E-state index in [-0.39, 0.29) is 6.03 Å². The number of nitrogens with one attached hydrogen (secondary N) is 3. The monoisotopic (exact) mass is 322 g/mol. The number of thiazole rings is 1. The summed E-state index contributed by atoms with van der Waals surface area (Å²) < 4.78 is 0. The fourth-order valence-electron chi connectivity index (χ4n) is 3.25. The number of nitrogens with zero attached hydrogens (tertiary/aromatic N) is 1. The summed E-state index contributed by atoms with van der Waals surface area (Å²) >= 11 is 1.71. The summed E-state index contributed by atoms with van der Waals surface area (Å²) in [7, 11) is 0. The number of carbonyl (C=O) groups is 1. The van der Waals surface area contributed by atoms with Crippen LogP contribution in [0.25, 0.3) is 0 Å². The van der Waals surface area contributed by atoms with E-state index in [4.69, 9.17) is 0 Å². The van der Waals surface area contributed by atoms with Gasteiger partial charge in [-0.3, -0.25) is 0 Å². The molecule has 3 N–H and O–H groups in total. The van der Waals surface area contributed by atoms with Crippen molar-refractivity contribution in [1.82, 2.24) is 20.9 Å². The molecule has 2 amide bonds. The molecule has 1 aromatic rings. The Hall–Kier alpha value is -1.14. The average molecular weight is 322 g/mol. The Labute approximate surface area is 136 Å². The van der Waals surface area contributed by atoms with Crippen LogP contribution >= 0.6 is 11.3 Å². The Morgan fingerprint density at radius 2 is 2.27 bits per heavy atom. The van der Waals surface area contributed by atoms with Gasteiger partial charge in [0.2, 0.25) is 0 Å². The molecule has 1 aliphatic carbocycles. The second-order valence-corrected chi connectivity index (χ2v) is 7.74. The highest BCUT2D eigenvalue weighted by molar-refractivity contribution is 7.09. The molecule has 2 heterocycles. The molecule has 1 spiro atoms. The van der Waals surface area contributed by atoms with E-state index in [9.17, 15) is 4.79 Å². The number of aromatic nitrogens is 1. The Bertz CT molecular complexity index is 522. The highest BCUT2D eigenvalue weighted by Gasteiger charge is 2.54. The highest BCUT2D eigenvalue weighted by Crippen LogP contribution is 2.52. The lowest BCUT2D eigenvalue weighted by atomic mass is 9.94. The van der Waals surface area contributed by atoms with Crippen LogP contribution in [-0.2, 0) is 6.42 Å². The van der Waals surface area contributed by atoms with Gasteiger partial charge >= 0.3 is 6.03 Å². The quantitative estimate of drug-likeness (QED) is 0.779. The molecule has 0 aromatic carbocycles. The van der Waals surface area contributed by atoms with Crippen molar-refractivity contribution in [3.05, 3.63) is 16.1 Å². The van der Waals surface area contributed by atoms with Crippen LogP contribution in [0.15, 0.2) is 5.38 Å². The molecule has 6 heteroatoms. The van der Waals surface area contributed by atoms with Crippen molar-refractivity contribution in [2.24, 2.45) is 5.41 Å². The largest absolute Gasteiger partial charge is 0.338 e. The first-order valence-electron chi connectivity index (χ1n) is 8.28. The van der Waals surface area contributed by atoms with Crippen LogP contribution in [0.3, 0.4) is 0 Å². The summed E-state index contributed by atoms with van der Waals surface area (Å²) in [6.45, 7) is 7.12. The van der Waals surface area contributed by atoms with Gasteiger partial charge in [0, 0.05) is 30.3 Å². The van der Waals surface area contributed by atoms with Gasteiger partial charge in [-0.25, -0.2) is 9.78 Å². The molecule has 1 saturated heterocycles. The summed E-state index contributed by atoms with van der Waals surface area (Å²) in [5, 5.41) is 12.7. The first-order chi connectivity index (χ1) is 10.6. The Morgan fingerprint density at radius 1 is 1.50 bits per heavy atom. The van der Waals surface area contributed by atoms with Crippen LogP contribution in [0.1, 0.15) is 49.7 Å². The summed E-state index contributed by atoms with van der Waals surface area (Å²) in [5.41, 5.74) is 1.47. The predicted octanol–water partition coefficient (Wildman–Crippen LogP) is 2.25. The van der Waals surface area contributed by atoms with Crippen molar-refractivity contribution in [3.8, 4) is 0 Å². The van der Waals surface area contributed by atoms with E-state index < -0.39 is 0 Å². The molecule has 0 radical (unpaired) electrons. The fourth-order valence-corrected chi connectivity index (χ4v) is 4.11. The number of urea groups is 1. The van der Waals surface area contributed by atoms with Crippen LogP contribution < -0.4 is 16.0 Å². The molecule has 5 nitrogen and oxygen atoms in total. The second-order valence-electron chi connectivity index (χ2n) is 6.85. The summed E-state index contributed by atoms with van der Waals surface area (Å²) in [4.78, 5) is 16.6. The summed E-state index contributed by atoms with van der Waals surface area (Å²) in [5.74, 6) is 0.478. The molecule has 1 atom stereocenters. The number of rotatable bonds is 5. The predicted molar refractivity (Wildman–Crippen MR) is 89.4 cm³/mol.